The molecule has 34 heavy (non-hydrogen) atoms. The number of ether oxygens (including phenoxy) is 1. The number of rotatable bonds is 6. The van der Waals surface area contributed by atoms with E-state index in [4.69, 9.17) is 9.26 Å². The van der Waals surface area contributed by atoms with Gasteiger partial charge in [-0.25, -0.2) is 9.69 Å². The fourth-order valence-electron chi connectivity index (χ4n) is 3.52. The number of aromatic nitrogens is 2. The molecule has 3 aromatic rings. The molecule has 0 radical (unpaired) electrons. The Bertz CT molecular complexity index is 1230. The molecule has 3 amide bonds. The van der Waals surface area contributed by atoms with Gasteiger partial charge in [-0.3, -0.25) is 4.79 Å². The first-order valence-electron chi connectivity index (χ1n) is 9.99. The van der Waals surface area contributed by atoms with Gasteiger partial charge in [0.2, 0.25) is 0 Å². The summed E-state index contributed by atoms with van der Waals surface area (Å²) >= 11 is -0.276. The summed E-state index contributed by atoms with van der Waals surface area (Å²) in [7, 11) is 1.51. The second kappa shape index (κ2) is 8.67. The van der Waals surface area contributed by atoms with E-state index in [-0.39, 0.29) is 40.6 Å². The number of halogens is 3. The molecule has 8 nitrogen and oxygen atoms in total. The molecule has 2 aromatic carbocycles. The number of amides is 3. The summed E-state index contributed by atoms with van der Waals surface area (Å²) in [6.07, 6.45) is 0. The maximum Gasteiger partial charge on any atom is 0.446 e. The normalized spacial score (nSPS) is 15.8. The van der Waals surface area contributed by atoms with Crippen LogP contribution in [0.15, 0.2) is 57.9 Å². The minimum atomic E-state index is -4.44. The van der Waals surface area contributed by atoms with Crippen LogP contribution in [0.2, 0.25) is 0 Å². The predicted molar refractivity (Wildman–Crippen MR) is 117 cm³/mol. The van der Waals surface area contributed by atoms with E-state index >= 15 is 0 Å². The average molecular weight is 492 g/mol. The molecule has 1 saturated heterocycles. The molecule has 2 heterocycles. The summed E-state index contributed by atoms with van der Waals surface area (Å²) < 4.78 is 48.4. The summed E-state index contributed by atoms with van der Waals surface area (Å²) in [5, 5.41) is 3.93. The van der Waals surface area contributed by atoms with Crippen molar-refractivity contribution < 1.29 is 32.0 Å². The van der Waals surface area contributed by atoms with E-state index < -0.39 is 23.0 Å². The fourth-order valence-corrected chi connectivity index (χ4v) is 4.06. The number of imide groups is 1. The smallest absolute Gasteiger partial charge is 0.446 e. The number of carbonyl (C=O) groups excluding carboxylic acids is 2. The molecule has 0 N–H and O–H groups in total. The number of thioether (sulfide) groups is 1. The Morgan fingerprint density at radius 2 is 1.76 bits per heavy atom. The second-order valence-corrected chi connectivity index (χ2v) is 8.96. The largest absolute Gasteiger partial charge is 0.496 e. The Labute approximate surface area is 196 Å². The van der Waals surface area contributed by atoms with Crippen molar-refractivity contribution in [3.8, 4) is 17.2 Å². The number of hydrogen-bond donors (Lipinski definition) is 0. The Balaban J connectivity index is 1.57. The van der Waals surface area contributed by atoms with Gasteiger partial charge in [0.05, 0.1) is 24.9 Å². The van der Waals surface area contributed by atoms with Crippen LogP contribution in [0, 0.1) is 0 Å². The number of anilines is 1. The van der Waals surface area contributed by atoms with E-state index in [0.717, 1.165) is 4.90 Å². The Morgan fingerprint density at radius 1 is 1.09 bits per heavy atom. The summed E-state index contributed by atoms with van der Waals surface area (Å²) in [5.41, 5.74) is -4.95. The number of carbonyl (C=O) groups is 2. The van der Waals surface area contributed by atoms with Gasteiger partial charge in [-0.1, -0.05) is 17.3 Å². The number of alkyl halides is 3. The van der Waals surface area contributed by atoms with Crippen molar-refractivity contribution in [1.29, 1.82) is 0 Å². The minimum absolute atomic E-state index is 0.0536. The fraction of sp³-hybridized carbons (Fsp3) is 0.273. The first-order valence-corrected chi connectivity index (χ1v) is 10.8. The van der Waals surface area contributed by atoms with Crippen molar-refractivity contribution in [2.45, 2.75) is 36.3 Å². The van der Waals surface area contributed by atoms with Crippen molar-refractivity contribution in [1.82, 2.24) is 15.0 Å². The highest BCUT2D eigenvalue weighted by Crippen LogP contribution is 2.39. The topological polar surface area (TPSA) is 88.8 Å². The van der Waals surface area contributed by atoms with Crippen molar-refractivity contribution in [3.05, 3.63) is 54.4 Å². The third-order valence-electron chi connectivity index (χ3n) is 5.26. The molecule has 0 bridgehead atoms. The molecule has 0 spiro atoms. The van der Waals surface area contributed by atoms with Gasteiger partial charge in [0.1, 0.15) is 11.3 Å². The van der Waals surface area contributed by atoms with Gasteiger partial charge in [-0.05, 0) is 62.0 Å². The van der Waals surface area contributed by atoms with Gasteiger partial charge < -0.3 is 14.2 Å². The zero-order chi connectivity index (χ0) is 24.7. The monoisotopic (exact) mass is 492 g/mol. The quantitative estimate of drug-likeness (QED) is 0.349. The van der Waals surface area contributed by atoms with Crippen LogP contribution in [0.5, 0.6) is 5.75 Å². The van der Waals surface area contributed by atoms with Crippen LogP contribution in [0.3, 0.4) is 0 Å². The molecule has 0 unspecified atom stereocenters. The highest BCUT2D eigenvalue weighted by Gasteiger charge is 2.52. The van der Waals surface area contributed by atoms with Gasteiger partial charge in [0.15, 0.2) is 5.82 Å². The molecule has 0 atom stereocenters. The summed E-state index contributed by atoms with van der Waals surface area (Å²) in [4.78, 5) is 32.7. The summed E-state index contributed by atoms with van der Waals surface area (Å²) in [6, 6.07) is 11.4. The first kappa shape index (κ1) is 23.6. The van der Waals surface area contributed by atoms with Gasteiger partial charge >= 0.3 is 11.5 Å². The Kier molecular flexibility index (Phi) is 6.02. The maximum absolute atomic E-state index is 13.2. The molecule has 1 aliphatic rings. The van der Waals surface area contributed by atoms with Crippen LogP contribution in [0.4, 0.5) is 23.7 Å². The molecule has 4 rings (SSSR count). The zero-order valence-electron chi connectivity index (χ0n) is 18.3. The molecule has 12 heteroatoms. The lowest BCUT2D eigenvalue weighted by Crippen LogP contribution is -2.43. The molecular formula is C22H19F3N4O4S. The third kappa shape index (κ3) is 4.45. The van der Waals surface area contributed by atoms with Crippen molar-refractivity contribution in [2.75, 3.05) is 12.0 Å². The highest BCUT2D eigenvalue weighted by molar-refractivity contribution is 8.00. The van der Waals surface area contributed by atoms with Crippen LogP contribution in [-0.4, -0.2) is 45.1 Å². The number of methoxy groups -OCH3 is 1. The van der Waals surface area contributed by atoms with Gasteiger partial charge in [-0.2, -0.15) is 18.2 Å². The lowest BCUT2D eigenvalue weighted by atomic mass is 10.0. The number of hydrogen-bond acceptors (Lipinski definition) is 7. The van der Waals surface area contributed by atoms with Crippen molar-refractivity contribution in [3.63, 3.8) is 0 Å². The number of urea groups is 1. The molecule has 1 fully saturated rings. The number of nitrogens with zero attached hydrogens (tertiary/aromatic N) is 4. The average Bonchev–Trinajstić information content (AvgIpc) is 3.31. The number of benzene rings is 2. The first-order chi connectivity index (χ1) is 16.0. The van der Waals surface area contributed by atoms with Crippen LogP contribution >= 0.6 is 11.8 Å². The Hall–Kier alpha value is -3.54. The minimum Gasteiger partial charge on any atom is -0.496 e. The van der Waals surface area contributed by atoms with E-state index in [1.54, 1.807) is 38.1 Å². The van der Waals surface area contributed by atoms with Crippen molar-refractivity contribution in [2.24, 2.45) is 0 Å². The van der Waals surface area contributed by atoms with Crippen LogP contribution < -0.4 is 9.64 Å². The van der Waals surface area contributed by atoms with Gasteiger partial charge in [0, 0.05) is 4.90 Å². The van der Waals surface area contributed by atoms with Gasteiger partial charge in [-0.15, -0.1) is 0 Å². The zero-order valence-corrected chi connectivity index (χ0v) is 19.1. The summed E-state index contributed by atoms with van der Waals surface area (Å²) in [6.45, 7) is 3.03. The van der Waals surface area contributed by atoms with Crippen LogP contribution in [-0.2, 0) is 11.3 Å². The molecule has 0 saturated carbocycles. The van der Waals surface area contributed by atoms with Crippen LogP contribution in [0.25, 0.3) is 11.5 Å². The standard InChI is InChI=1S/C22H19F3N4O4S/c1-21(2)19(30)29(13-8-10-14(11-9-13)34-22(23,24)25)20(31)28(21)12-17-26-18(33-27-17)15-6-4-5-7-16(15)32-3/h4-11H,12H2,1-3H3. The van der Waals surface area contributed by atoms with E-state index in [2.05, 4.69) is 10.1 Å². The Morgan fingerprint density at radius 3 is 2.41 bits per heavy atom. The lowest BCUT2D eigenvalue weighted by molar-refractivity contribution is -0.123. The SMILES string of the molecule is COc1ccccc1-c1nc(CN2C(=O)N(c3ccc(SC(F)(F)F)cc3)C(=O)C2(C)C)no1. The predicted octanol–water partition coefficient (Wildman–Crippen LogP) is 5.10. The maximum atomic E-state index is 13.2. The molecule has 1 aliphatic heterocycles. The van der Waals surface area contributed by atoms with E-state index in [1.165, 1.54) is 36.3 Å². The molecule has 0 aliphatic carbocycles. The lowest BCUT2D eigenvalue weighted by Gasteiger charge is -2.26. The third-order valence-corrected chi connectivity index (χ3v) is 6.00. The summed E-state index contributed by atoms with van der Waals surface area (Å²) in [5.74, 6) is 0.373. The number of para-hydroxylation sites is 1. The second-order valence-electron chi connectivity index (χ2n) is 7.83. The van der Waals surface area contributed by atoms with Crippen molar-refractivity contribution >= 4 is 29.4 Å². The molecule has 178 valence electrons. The van der Waals surface area contributed by atoms with E-state index in [0.29, 0.717) is 11.3 Å². The molecular weight excluding hydrogens is 473 g/mol. The van der Waals surface area contributed by atoms with Gasteiger partial charge in [0.25, 0.3) is 11.8 Å². The van der Waals surface area contributed by atoms with E-state index in [1.807, 2.05) is 0 Å². The van der Waals surface area contributed by atoms with E-state index in [9.17, 15) is 22.8 Å². The molecule has 1 aromatic heterocycles. The van der Waals surface area contributed by atoms with Crippen LogP contribution in [0.1, 0.15) is 19.7 Å². The highest BCUT2D eigenvalue weighted by atomic mass is 32.2.